The van der Waals surface area contributed by atoms with Crippen LogP contribution in [0.3, 0.4) is 0 Å². The molecule has 1 heterocycles. The van der Waals surface area contributed by atoms with Crippen molar-refractivity contribution in [2.75, 3.05) is 6.61 Å². The van der Waals surface area contributed by atoms with Crippen molar-refractivity contribution in [3.05, 3.63) is 60.3 Å². The van der Waals surface area contributed by atoms with Gasteiger partial charge in [-0.2, -0.15) is 0 Å². The van der Waals surface area contributed by atoms with Crippen molar-refractivity contribution in [2.45, 2.75) is 53.1 Å². The minimum atomic E-state index is -3.66. The van der Waals surface area contributed by atoms with Crippen LogP contribution in [0.25, 0.3) is 10.9 Å². The number of para-hydroxylation sites is 1. The molecule has 0 spiro atoms. The van der Waals surface area contributed by atoms with Crippen molar-refractivity contribution >= 4 is 34.9 Å². The molecule has 2 aromatic carbocycles. The van der Waals surface area contributed by atoms with Gasteiger partial charge in [0.1, 0.15) is 5.69 Å². The monoisotopic (exact) mass is 481 g/mol. The van der Waals surface area contributed by atoms with E-state index in [1.807, 2.05) is 61.6 Å². The van der Waals surface area contributed by atoms with Crippen LogP contribution in [0.1, 0.15) is 57.4 Å². The summed E-state index contributed by atoms with van der Waals surface area (Å²) in [5.41, 5.74) is 1.14. The van der Waals surface area contributed by atoms with E-state index in [-0.39, 0.29) is 12.7 Å². The van der Waals surface area contributed by atoms with Crippen LogP contribution in [0.5, 0.6) is 0 Å². The number of aryl methyl sites for hydroxylation is 1. The largest absolute Gasteiger partial charge is 0.461 e. The van der Waals surface area contributed by atoms with E-state index in [1.165, 1.54) is 0 Å². The third-order valence-electron chi connectivity index (χ3n) is 7.18. The summed E-state index contributed by atoms with van der Waals surface area (Å²) in [7, 11) is -1.83. The van der Waals surface area contributed by atoms with Crippen LogP contribution in [0.4, 0.5) is 0 Å². The summed E-state index contributed by atoms with van der Waals surface area (Å²) >= 11 is 0. The second-order valence-electron chi connectivity index (χ2n) is 9.85. The molecule has 0 bridgehead atoms. The van der Waals surface area contributed by atoms with Crippen molar-refractivity contribution in [1.82, 2.24) is 4.57 Å². The smallest absolute Gasteiger partial charge is 0.355 e. The van der Waals surface area contributed by atoms with Gasteiger partial charge in [0.25, 0.3) is 7.37 Å². The molecular weight excluding hydrogens is 445 g/mol. The van der Waals surface area contributed by atoms with Gasteiger partial charge in [-0.05, 0) is 55.7 Å². The summed E-state index contributed by atoms with van der Waals surface area (Å²) in [4.78, 5) is 13.2. The van der Waals surface area contributed by atoms with E-state index in [0.29, 0.717) is 34.1 Å². The molecule has 0 amide bonds. The Hall–Kier alpha value is -2.36. The molecule has 0 saturated heterocycles. The van der Waals surface area contributed by atoms with Crippen LogP contribution in [0, 0.1) is 17.8 Å². The minimum absolute atomic E-state index is 0.149. The summed E-state index contributed by atoms with van der Waals surface area (Å²) in [6, 6.07) is 17.1. The molecule has 6 heteroatoms. The Bertz CT molecular complexity index is 1200. The molecule has 1 aliphatic carbocycles. The summed E-state index contributed by atoms with van der Waals surface area (Å²) < 4.78 is 29.3. The maximum absolute atomic E-state index is 15.3. The summed E-state index contributed by atoms with van der Waals surface area (Å²) in [6.07, 6.45) is 2.92. The van der Waals surface area contributed by atoms with Gasteiger partial charge in [-0.3, -0.25) is 4.57 Å². The fourth-order valence-electron chi connectivity index (χ4n) is 5.40. The Balaban J connectivity index is 1.97. The summed E-state index contributed by atoms with van der Waals surface area (Å²) in [6.45, 7) is 8.69. The topological polar surface area (TPSA) is 57.5 Å². The van der Waals surface area contributed by atoms with Gasteiger partial charge in [-0.25, -0.2) is 4.79 Å². The highest BCUT2D eigenvalue weighted by molar-refractivity contribution is 7.75. The number of fused-ring (bicyclic) bond motifs is 1. The maximum atomic E-state index is 15.3. The van der Waals surface area contributed by atoms with E-state index in [0.717, 1.165) is 30.2 Å². The zero-order valence-corrected chi connectivity index (χ0v) is 21.8. The van der Waals surface area contributed by atoms with Gasteiger partial charge < -0.3 is 13.8 Å². The number of ether oxygens (including phenoxy) is 1. The average molecular weight is 482 g/mol. The lowest BCUT2D eigenvalue weighted by molar-refractivity contribution is 0.0495. The van der Waals surface area contributed by atoms with Crippen LogP contribution in [0.15, 0.2) is 54.6 Å². The number of hydrogen-bond acceptors (Lipinski definition) is 4. The molecule has 0 aliphatic heterocycles. The first-order valence-electron chi connectivity index (χ1n) is 12.4. The molecule has 4 atom stereocenters. The second kappa shape index (κ2) is 10.1. The van der Waals surface area contributed by atoms with Gasteiger partial charge in [-0.1, -0.05) is 63.6 Å². The average Bonchev–Trinajstić information content (AvgIpc) is 3.13. The van der Waals surface area contributed by atoms with Crippen LogP contribution in [0.2, 0.25) is 0 Å². The molecule has 1 aliphatic rings. The fourth-order valence-corrected chi connectivity index (χ4v) is 8.10. The van der Waals surface area contributed by atoms with Crippen molar-refractivity contribution in [2.24, 2.45) is 24.8 Å². The lowest BCUT2D eigenvalue weighted by Gasteiger charge is -2.39. The maximum Gasteiger partial charge on any atom is 0.355 e. The van der Waals surface area contributed by atoms with Crippen molar-refractivity contribution in [1.29, 1.82) is 0 Å². The normalized spacial score (nSPS) is 22.6. The van der Waals surface area contributed by atoms with Crippen molar-refractivity contribution in [3.8, 4) is 0 Å². The number of carbonyl (C=O) groups is 1. The molecule has 3 aromatic rings. The van der Waals surface area contributed by atoms with Crippen molar-refractivity contribution in [3.63, 3.8) is 0 Å². The number of aromatic nitrogens is 1. The van der Waals surface area contributed by atoms with Gasteiger partial charge in [0, 0.05) is 23.3 Å². The van der Waals surface area contributed by atoms with E-state index < -0.39 is 13.3 Å². The lowest BCUT2D eigenvalue weighted by Crippen LogP contribution is -2.36. The summed E-state index contributed by atoms with van der Waals surface area (Å²) in [5, 5.41) is 1.83. The fraction of sp³-hybridized carbons (Fsp3) is 0.464. The third-order valence-corrected chi connectivity index (χ3v) is 9.77. The molecule has 1 aromatic heterocycles. The van der Waals surface area contributed by atoms with Gasteiger partial charge in [0.2, 0.25) is 0 Å². The number of carbonyl (C=O) groups excluding carboxylic acids is 1. The molecule has 1 saturated carbocycles. The Morgan fingerprint density at radius 2 is 1.76 bits per heavy atom. The third kappa shape index (κ3) is 4.48. The molecule has 4 rings (SSSR count). The van der Waals surface area contributed by atoms with Gasteiger partial charge in [0.15, 0.2) is 0 Å². The second-order valence-corrected chi connectivity index (χ2v) is 12.1. The highest BCUT2D eigenvalue weighted by Crippen LogP contribution is 2.52. The summed E-state index contributed by atoms with van der Waals surface area (Å²) in [5.74, 6) is 0.752. The predicted octanol–water partition coefficient (Wildman–Crippen LogP) is 6.06. The number of nitrogens with zero attached hydrogens (tertiary/aromatic N) is 1. The molecule has 1 fully saturated rings. The molecule has 0 radical (unpaired) electrons. The van der Waals surface area contributed by atoms with E-state index in [9.17, 15) is 4.79 Å². The van der Waals surface area contributed by atoms with Gasteiger partial charge >= 0.3 is 5.97 Å². The standard InChI is InChI=1S/C28H36NO4P/c1-6-32-28(30)26-27(23-14-10-11-15-24(23)29(26)5)34(31,21-12-8-7-9-13-21)33-25-18-20(4)16-17-22(25)19(2)3/h7-15,19-20,22,25H,6,16-18H2,1-5H3/t20-,22+,25-,34?/m0/s1. The zero-order chi connectivity index (χ0) is 24.5. The van der Waals surface area contributed by atoms with Crippen LogP contribution in [-0.2, 0) is 20.9 Å². The Labute approximate surface area is 202 Å². The number of esters is 1. The van der Waals surface area contributed by atoms with Crippen LogP contribution in [-0.4, -0.2) is 23.2 Å². The Kier molecular flexibility index (Phi) is 7.35. The molecule has 0 N–H and O–H groups in total. The molecule has 34 heavy (non-hydrogen) atoms. The highest BCUT2D eigenvalue weighted by Gasteiger charge is 2.43. The predicted molar refractivity (Wildman–Crippen MR) is 138 cm³/mol. The quantitative estimate of drug-likeness (QED) is 0.304. The SMILES string of the molecule is CCOC(=O)c1c(P(=O)(O[C@H]2C[C@@H](C)CC[C@@H]2C(C)C)c2ccccc2)c2ccccc2n1C. The van der Waals surface area contributed by atoms with Crippen molar-refractivity contribution < 1.29 is 18.6 Å². The first-order chi connectivity index (χ1) is 16.3. The first-order valence-corrected chi connectivity index (χ1v) is 14.0. The number of rotatable bonds is 7. The van der Waals surface area contributed by atoms with E-state index in [4.69, 9.17) is 9.26 Å². The van der Waals surface area contributed by atoms with E-state index >= 15 is 4.57 Å². The van der Waals surface area contributed by atoms with E-state index in [1.54, 1.807) is 11.5 Å². The number of hydrogen-bond donors (Lipinski definition) is 0. The molecule has 5 nitrogen and oxygen atoms in total. The zero-order valence-electron chi connectivity index (χ0n) is 20.9. The highest BCUT2D eigenvalue weighted by atomic mass is 31.2. The lowest BCUT2D eigenvalue weighted by atomic mass is 9.75. The van der Waals surface area contributed by atoms with Crippen LogP contribution >= 0.6 is 7.37 Å². The number of benzene rings is 2. The molecule has 182 valence electrons. The van der Waals surface area contributed by atoms with Gasteiger partial charge in [0.05, 0.1) is 18.0 Å². The first kappa shape index (κ1) is 24.8. The van der Waals surface area contributed by atoms with Crippen LogP contribution < -0.4 is 10.6 Å². The molecule has 1 unspecified atom stereocenters. The molecular formula is C28H36NO4P. The Morgan fingerprint density at radius 1 is 1.09 bits per heavy atom. The van der Waals surface area contributed by atoms with Gasteiger partial charge in [-0.15, -0.1) is 0 Å². The van der Waals surface area contributed by atoms with E-state index in [2.05, 4.69) is 20.8 Å². The Morgan fingerprint density at radius 3 is 2.44 bits per heavy atom. The minimum Gasteiger partial charge on any atom is -0.461 e.